The van der Waals surface area contributed by atoms with Gasteiger partial charge in [0.15, 0.2) is 0 Å². The number of nitrogens with one attached hydrogen (secondary N) is 2. The predicted octanol–water partition coefficient (Wildman–Crippen LogP) is 1.16. The minimum Gasteiger partial charge on any atom is -0.338 e. The summed E-state index contributed by atoms with van der Waals surface area (Å²) >= 11 is 0. The third-order valence-corrected chi connectivity index (χ3v) is 5.06. The van der Waals surface area contributed by atoms with E-state index in [9.17, 15) is 14.4 Å². The number of hydrogen-bond acceptors (Lipinski definition) is 3. The number of pyridine rings is 1. The number of H-pyrrole nitrogens is 1. The van der Waals surface area contributed by atoms with Gasteiger partial charge in [-0.1, -0.05) is 18.2 Å². The number of hydrogen-bond donors (Lipinski definition) is 2. The number of piperidine rings is 1. The summed E-state index contributed by atoms with van der Waals surface area (Å²) in [5.74, 6) is -0.119. The Kier molecular flexibility index (Phi) is 3.91. The minimum absolute atomic E-state index is 0.00892. The van der Waals surface area contributed by atoms with Crippen LogP contribution >= 0.6 is 0 Å². The predicted molar refractivity (Wildman–Crippen MR) is 93.6 cm³/mol. The zero-order valence-corrected chi connectivity index (χ0v) is 13.8. The van der Waals surface area contributed by atoms with Gasteiger partial charge in [0, 0.05) is 49.2 Å². The Morgan fingerprint density at radius 1 is 1.08 bits per heavy atom. The maximum atomic E-state index is 12.9. The van der Waals surface area contributed by atoms with Crippen LogP contribution in [0.1, 0.15) is 23.2 Å². The summed E-state index contributed by atoms with van der Waals surface area (Å²) in [5.41, 5.74) is 0.837. The number of amides is 3. The second-order valence-corrected chi connectivity index (χ2v) is 6.54. The molecule has 2 aliphatic heterocycles. The molecular weight excluding hydrogens is 320 g/mol. The molecule has 25 heavy (non-hydrogen) atoms. The zero-order chi connectivity index (χ0) is 17.4. The Balaban J connectivity index is 1.53. The number of aromatic amines is 1. The fourth-order valence-corrected chi connectivity index (χ4v) is 3.77. The minimum atomic E-state index is -0.273. The number of carbonyl (C=O) groups is 2. The van der Waals surface area contributed by atoms with Crippen LogP contribution in [0.4, 0.5) is 4.79 Å². The fraction of sp³-hybridized carbons (Fsp3) is 0.389. The highest BCUT2D eigenvalue weighted by molar-refractivity contribution is 6.05. The van der Waals surface area contributed by atoms with Crippen LogP contribution in [0.25, 0.3) is 10.9 Å². The maximum Gasteiger partial charge on any atom is 0.317 e. The number of aromatic nitrogens is 1. The molecule has 3 amide bonds. The molecule has 2 aliphatic rings. The van der Waals surface area contributed by atoms with Crippen LogP contribution in [0.15, 0.2) is 35.1 Å². The summed E-state index contributed by atoms with van der Waals surface area (Å²) in [7, 11) is 0. The van der Waals surface area contributed by atoms with Crippen molar-refractivity contribution in [1.82, 2.24) is 20.1 Å². The monoisotopic (exact) mass is 340 g/mol. The van der Waals surface area contributed by atoms with Crippen LogP contribution in [-0.2, 0) is 0 Å². The first-order chi connectivity index (χ1) is 12.1. The van der Waals surface area contributed by atoms with E-state index in [4.69, 9.17) is 0 Å². The molecule has 0 unspecified atom stereocenters. The molecule has 0 radical (unpaired) electrons. The number of urea groups is 1. The maximum absolute atomic E-state index is 12.9. The van der Waals surface area contributed by atoms with Gasteiger partial charge in [0.05, 0.1) is 5.56 Å². The Hall–Kier alpha value is -2.83. The molecule has 0 spiro atoms. The number of fused-ring (bicyclic) bond motifs is 1. The second kappa shape index (κ2) is 6.23. The lowest BCUT2D eigenvalue weighted by atomic mass is 10.0. The van der Waals surface area contributed by atoms with E-state index in [-0.39, 0.29) is 23.5 Å². The molecule has 7 heteroatoms. The molecule has 4 rings (SSSR count). The highest BCUT2D eigenvalue weighted by Gasteiger charge is 2.32. The van der Waals surface area contributed by atoms with E-state index >= 15 is 0 Å². The van der Waals surface area contributed by atoms with E-state index in [0.29, 0.717) is 30.7 Å². The SMILES string of the molecule is O=C(c1cc(=O)[nH]c2ccccc12)N1CCC(N2CCNC2=O)CC1. The average molecular weight is 340 g/mol. The van der Waals surface area contributed by atoms with Crippen LogP contribution in [0.5, 0.6) is 0 Å². The largest absolute Gasteiger partial charge is 0.338 e. The first kappa shape index (κ1) is 15.7. The second-order valence-electron chi connectivity index (χ2n) is 6.54. The van der Waals surface area contributed by atoms with Crippen molar-refractivity contribution in [1.29, 1.82) is 0 Å². The van der Waals surface area contributed by atoms with Gasteiger partial charge in [-0.05, 0) is 18.9 Å². The molecule has 0 bridgehead atoms. The Bertz CT molecular complexity index is 883. The van der Waals surface area contributed by atoms with Crippen LogP contribution in [-0.4, -0.2) is 58.9 Å². The van der Waals surface area contributed by atoms with E-state index in [2.05, 4.69) is 10.3 Å². The summed E-state index contributed by atoms with van der Waals surface area (Å²) in [5, 5.41) is 3.58. The molecule has 2 saturated heterocycles. The third-order valence-electron chi connectivity index (χ3n) is 5.06. The summed E-state index contributed by atoms with van der Waals surface area (Å²) in [4.78, 5) is 43.0. The van der Waals surface area contributed by atoms with Gasteiger partial charge in [-0.2, -0.15) is 0 Å². The topological polar surface area (TPSA) is 85.5 Å². The van der Waals surface area contributed by atoms with Crippen LogP contribution in [0.3, 0.4) is 0 Å². The van der Waals surface area contributed by atoms with Gasteiger partial charge in [0.2, 0.25) is 5.56 Å². The van der Waals surface area contributed by atoms with Gasteiger partial charge in [-0.25, -0.2) is 4.79 Å². The van der Waals surface area contributed by atoms with Gasteiger partial charge in [-0.15, -0.1) is 0 Å². The Labute approximate surface area is 144 Å². The number of likely N-dealkylation sites (tertiary alicyclic amines) is 1. The number of para-hydroxylation sites is 1. The molecule has 0 saturated carbocycles. The van der Waals surface area contributed by atoms with Crippen molar-refractivity contribution in [2.24, 2.45) is 0 Å². The summed E-state index contributed by atoms with van der Waals surface area (Å²) in [6, 6.07) is 8.89. The lowest BCUT2D eigenvalue weighted by Crippen LogP contribution is -2.47. The van der Waals surface area contributed by atoms with Crippen LogP contribution in [0, 0.1) is 0 Å². The fourth-order valence-electron chi connectivity index (χ4n) is 3.77. The third kappa shape index (κ3) is 2.86. The molecule has 2 N–H and O–H groups in total. The quantitative estimate of drug-likeness (QED) is 0.860. The summed E-state index contributed by atoms with van der Waals surface area (Å²) in [6.07, 6.45) is 1.53. The molecule has 1 aromatic carbocycles. The molecule has 130 valence electrons. The van der Waals surface area contributed by atoms with Crippen molar-refractivity contribution in [3.8, 4) is 0 Å². The van der Waals surface area contributed by atoms with Crippen LogP contribution in [0.2, 0.25) is 0 Å². The number of carbonyl (C=O) groups excluding carboxylic acids is 2. The first-order valence-electron chi connectivity index (χ1n) is 8.59. The van der Waals surface area contributed by atoms with E-state index in [0.717, 1.165) is 24.8 Å². The van der Waals surface area contributed by atoms with Crippen molar-refractivity contribution in [2.45, 2.75) is 18.9 Å². The van der Waals surface area contributed by atoms with Gasteiger partial charge in [0.1, 0.15) is 0 Å². The summed E-state index contributed by atoms with van der Waals surface area (Å²) in [6.45, 7) is 2.61. The highest BCUT2D eigenvalue weighted by atomic mass is 16.2. The molecule has 2 fully saturated rings. The number of benzene rings is 1. The molecule has 1 aromatic heterocycles. The van der Waals surface area contributed by atoms with Gasteiger partial charge >= 0.3 is 6.03 Å². The molecule has 2 aromatic rings. The molecule has 0 atom stereocenters. The molecule has 3 heterocycles. The molecular formula is C18H20N4O3. The lowest BCUT2D eigenvalue weighted by Gasteiger charge is -2.36. The Morgan fingerprint density at radius 3 is 2.56 bits per heavy atom. The van der Waals surface area contributed by atoms with Gasteiger partial charge in [0.25, 0.3) is 5.91 Å². The standard InChI is InChI=1S/C18H20N4O3/c23-16-11-14(13-3-1-2-4-15(13)20-16)17(24)21-8-5-12(6-9-21)22-10-7-19-18(22)25/h1-4,11-12H,5-10H2,(H,19,25)(H,20,23). The van der Waals surface area contributed by atoms with Crippen LogP contribution < -0.4 is 10.9 Å². The lowest BCUT2D eigenvalue weighted by molar-refractivity contribution is 0.0668. The van der Waals surface area contributed by atoms with Crippen molar-refractivity contribution in [2.75, 3.05) is 26.2 Å². The Morgan fingerprint density at radius 2 is 1.84 bits per heavy atom. The van der Waals surface area contributed by atoms with E-state index in [1.807, 2.05) is 23.1 Å². The van der Waals surface area contributed by atoms with E-state index < -0.39 is 0 Å². The number of nitrogens with zero attached hydrogens (tertiary/aromatic N) is 2. The zero-order valence-electron chi connectivity index (χ0n) is 13.8. The van der Waals surface area contributed by atoms with Crippen molar-refractivity contribution in [3.63, 3.8) is 0 Å². The molecule has 7 nitrogen and oxygen atoms in total. The smallest absolute Gasteiger partial charge is 0.317 e. The van der Waals surface area contributed by atoms with Crippen molar-refractivity contribution in [3.05, 3.63) is 46.2 Å². The van der Waals surface area contributed by atoms with E-state index in [1.54, 1.807) is 11.0 Å². The average Bonchev–Trinajstić information content (AvgIpc) is 3.06. The normalized spacial score (nSPS) is 18.6. The van der Waals surface area contributed by atoms with E-state index in [1.165, 1.54) is 6.07 Å². The van der Waals surface area contributed by atoms with Crippen molar-refractivity contribution < 1.29 is 9.59 Å². The first-order valence-corrected chi connectivity index (χ1v) is 8.59. The highest BCUT2D eigenvalue weighted by Crippen LogP contribution is 2.22. The van der Waals surface area contributed by atoms with Gasteiger partial charge in [-0.3, -0.25) is 9.59 Å². The summed E-state index contributed by atoms with van der Waals surface area (Å²) < 4.78 is 0. The number of rotatable bonds is 2. The van der Waals surface area contributed by atoms with Crippen molar-refractivity contribution >= 4 is 22.8 Å². The molecule has 0 aliphatic carbocycles. The van der Waals surface area contributed by atoms with Gasteiger partial charge < -0.3 is 20.1 Å².